The lowest BCUT2D eigenvalue weighted by molar-refractivity contribution is -0.118. The molecule has 0 aliphatic rings. The Labute approximate surface area is 176 Å². The van der Waals surface area contributed by atoms with Gasteiger partial charge in [0.25, 0.3) is 5.91 Å². The SMILES string of the molecule is CSCCC(NC(=O)c1ccccc1)C(=O)Nc1ccc2nc(SC)sc2c1. The van der Waals surface area contributed by atoms with Crippen LogP contribution >= 0.6 is 34.9 Å². The van der Waals surface area contributed by atoms with Crippen LogP contribution in [0.2, 0.25) is 0 Å². The number of thioether (sulfide) groups is 2. The number of carbonyl (C=O) groups is 2. The van der Waals surface area contributed by atoms with E-state index in [4.69, 9.17) is 0 Å². The van der Waals surface area contributed by atoms with E-state index in [0.717, 1.165) is 20.3 Å². The van der Waals surface area contributed by atoms with Gasteiger partial charge in [0.05, 0.1) is 10.2 Å². The van der Waals surface area contributed by atoms with Crippen molar-refractivity contribution in [2.24, 2.45) is 0 Å². The molecule has 1 aromatic heterocycles. The van der Waals surface area contributed by atoms with E-state index in [1.54, 1.807) is 59.1 Å². The average Bonchev–Trinajstić information content (AvgIpc) is 3.14. The highest BCUT2D eigenvalue weighted by molar-refractivity contribution is 8.00. The van der Waals surface area contributed by atoms with Gasteiger partial charge in [0.2, 0.25) is 5.91 Å². The van der Waals surface area contributed by atoms with Crippen LogP contribution in [0.3, 0.4) is 0 Å². The van der Waals surface area contributed by atoms with Gasteiger partial charge >= 0.3 is 0 Å². The Morgan fingerprint density at radius 3 is 2.64 bits per heavy atom. The fourth-order valence-electron chi connectivity index (χ4n) is 2.63. The number of thiazole rings is 1. The van der Waals surface area contributed by atoms with Gasteiger partial charge in [-0.2, -0.15) is 11.8 Å². The van der Waals surface area contributed by atoms with Gasteiger partial charge < -0.3 is 10.6 Å². The molecule has 0 radical (unpaired) electrons. The first kappa shape index (κ1) is 20.7. The summed E-state index contributed by atoms with van der Waals surface area (Å²) >= 11 is 4.84. The number of aromatic nitrogens is 1. The normalized spacial score (nSPS) is 11.9. The zero-order valence-electron chi connectivity index (χ0n) is 15.6. The number of anilines is 1. The van der Waals surface area contributed by atoms with Crippen LogP contribution in [0.25, 0.3) is 10.2 Å². The van der Waals surface area contributed by atoms with Crippen molar-refractivity contribution >= 4 is 62.6 Å². The van der Waals surface area contributed by atoms with E-state index < -0.39 is 6.04 Å². The number of nitrogens with one attached hydrogen (secondary N) is 2. The first-order chi connectivity index (χ1) is 13.6. The zero-order valence-corrected chi connectivity index (χ0v) is 18.0. The summed E-state index contributed by atoms with van der Waals surface area (Å²) in [6.45, 7) is 0. The molecule has 2 N–H and O–H groups in total. The Balaban J connectivity index is 1.72. The first-order valence-corrected chi connectivity index (χ1v) is 12.1. The number of amides is 2. The van der Waals surface area contributed by atoms with Gasteiger partial charge in [0.1, 0.15) is 6.04 Å². The molecule has 2 amide bonds. The number of fused-ring (bicyclic) bond motifs is 1. The number of hydrogen-bond acceptors (Lipinski definition) is 6. The standard InChI is InChI=1S/C20H21N3O2S3/c1-26-11-10-16(22-18(24)13-6-4-3-5-7-13)19(25)21-14-8-9-15-17(12-14)28-20(23-15)27-2/h3-9,12,16H,10-11H2,1-2H3,(H,21,25)(H,22,24). The predicted molar refractivity (Wildman–Crippen MR) is 121 cm³/mol. The maximum absolute atomic E-state index is 12.8. The monoisotopic (exact) mass is 431 g/mol. The van der Waals surface area contributed by atoms with Gasteiger partial charge in [-0.3, -0.25) is 9.59 Å². The number of carbonyl (C=O) groups excluding carboxylic acids is 2. The summed E-state index contributed by atoms with van der Waals surface area (Å²) in [5.74, 6) is 0.314. The minimum Gasteiger partial charge on any atom is -0.340 e. The molecule has 0 fully saturated rings. The van der Waals surface area contributed by atoms with Crippen molar-refractivity contribution in [3.8, 4) is 0 Å². The predicted octanol–water partition coefficient (Wildman–Crippen LogP) is 4.51. The van der Waals surface area contributed by atoms with Crippen LogP contribution in [-0.4, -0.2) is 41.1 Å². The molecule has 3 rings (SSSR count). The quantitative estimate of drug-likeness (QED) is 0.514. The molecule has 28 heavy (non-hydrogen) atoms. The summed E-state index contributed by atoms with van der Waals surface area (Å²) in [4.78, 5) is 29.8. The van der Waals surface area contributed by atoms with Crippen molar-refractivity contribution in [3.63, 3.8) is 0 Å². The number of hydrogen-bond donors (Lipinski definition) is 2. The highest BCUT2D eigenvalue weighted by Crippen LogP contribution is 2.30. The maximum atomic E-state index is 12.8. The molecular weight excluding hydrogens is 410 g/mol. The third kappa shape index (κ3) is 5.27. The molecule has 0 aliphatic heterocycles. The molecule has 1 atom stereocenters. The summed E-state index contributed by atoms with van der Waals surface area (Å²) in [5.41, 5.74) is 2.17. The summed E-state index contributed by atoms with van der Waals surface area (Å²) < 4.78 is 2.02. The fourth-order valence-corrected chi connectivity index (χ4v) is 4.63. The second-order valence-electron chi connectivity index (χ2n) is 6.03. The smallest absolute Gasteiger partial charge is 0.251 e. The molecule has 5 nitrogen and oxygen atoms in total. The highest BCUT2D eigenvalue weighted by Gasteiger charge is 2.21. The Bertz CT molecular complexity index is 960. The second kappa shape index (κ2) is 9.95. The summed E-state index contributed by atoms with van der Waals surface area (Å²) in [6, 6.07) is 14.0. The van der Waals surface area contributed by atoms with E-state index >= 15 is 0 Å². The Morgan fingerprint density at radius 1 is 1.14 bits per heavy atom. The van der Waals surface area contributed by atoms with Gasteiger partial charge in [-0.1, -0.05) is 30.0 Å². The maximum Gasteiger partial charge on any atom is 0.251 e. The van der Waals surface area contributed by atoms with E-state index in [1.165, 1.54) is 0 Å². The second-order valence-corrected chi connectivity index (χ2v) is 9.10. The van der Waals surface area contributed by atoms with E-state index in [2.05, 4.69) is 15.6 Å². The van der Waals surface area contributed by atoms with E-state index in [0.29, 0.717) is 17.7 Å². The van der Waals surface area contributed by atoms with Gasteiger partial charge in [-0.25, -0.2) is 4.98 Å². The van der Waals surface area contributed by atoms with E-state index in [9.17, 15) is 9.59 Å². The van der Waals surface area contributed by atoms with E-state index in [1.807, 2.05) is 36.8 Å². The molecule has 0 saturated carbocycles. The van der Waals surface area contributed by atoms with Crippen LogP contribution in [0.4, 0.5) is 5.69 Å². The summed E-state index contributed by atoms with van der Waals surface area (Å²) in [6.07, 6.45) is 4.53. The molecule has 0 spiro atoms. The third-order valence-electron chi connectivity index (χ3n) is 4.08. The molecule has 0 bridgehead atoms. The van der Waals surface area contributed by atoms with Crippen molar-refractivity contribution in [1.82, 2.24) is 10.3 Å². The van der Waals surface area contributed by atoms with Crippen molar-refractivity contribution in [3.05, 3.63) is 54.1 Å². The zero-order chi connectivity index (χ0) is 19.9. The first-order valence-electron chi connectivity index (χ1n) is 8.71. The van der Waals surface area contributed by atoms with E-state index in [-0.39, 0.29) is 11.8 Å². The lowest BCUT2D eigenvalue weighted by atomic mass is 10.1. The van der Waals surface area contributed by atoms with Crippen LogP contribution < -0.4 is 10.6 Å². The van der Waals surface area contributed by atoms with Gasteiger partial charge in [-0.05, 0) is 55.0 Å². The van der Waals surface area contributed by atoms with Crippen LogP contribution in [0.15, 0.2) is 52.9 Å². The Hall–Kier alpha value is -2.03. The van der Waals surface area contributed by atoms with Gasteiger partial charge in [0.15, 0.2) is 4.34 Å². The number of nitrogens with zero attached hydrogens (tertiary/aromatic N) is 1. The molecule has 2 aromatic carbocycles. The Kier molecular flexibility index (Phi) is 7.36. The summed E-state index contributed by atoms with van der Waals surface area (Å²) in [5, 5.41) is 5.80. The van der Waals surface area contributed by atoms with Crippen molar-refractivity contribution < 1.29 is 9.59 Å². The van der Waals surface area contributed by atoms with Gasteiger partial charge in [0, 0.05) is 11.3 Å². The minimum absolute atomic E-state index is 0.215. The molecule has 8 heteroatoms. The molecule has 1 heterocycles. The van der Waals surface area contributed by atoms with Crippen LogP contribution in [0, 0.1) is 0 Å². The molecule has 146 valence electrons. The van der Waals surface area contributed by atoms with Crippen molar-refractivity contribution in [1.29, 1.82) is 0 Å². The van der Waals surface area contributed by atoms with Crippen LogP contribution in [-0.2, 0) is 4.79 Å². The third-order valence-corrected chi connectivity index (χ3v) is 6.73. The van der Waals surface area contributed by atoms with Crippen LogP contribution in [0.5, 0.6) is 0 Å². The molecule has 3 aromatic rings. The minimum atomic E-state index is -0.598. The Morgan fingerprint density at radius 2 is 1.93 bits per heavy atom. The fraction of sp³-hybridized carbons (Fsp3) is 0.250. The van der Waals surface area contributed by atoms with Gasteiger partial charge in [-0.15, -0.1) is 11.3 Å². The highest BCUT2D eigenvalue weighted by atomic mass is 32.2. The lowest BCUT2D eigenvalue weighted by Crippen LogP contribution is -2.44. The number of benzene rings is 2. The molecule has 0 aliphatic carbocycles. The molecule has 0 saturated heterocycles. The molecule has 1 unspecified atom stereocenters. The van der Waals surface area contributed by atoms with Crippen LogP contribution in [0.1, 0.15) is 16.8 Å². The van der Waals surface area contributed by atoms with Crippen molar-refractivity contribution in [2.75, 3.05) is 23.6 Å². The molecular formula is C20H21N3O2S3. The topological polar surface area (TPSA) is 71.1 Å². The largest absolute Gasteiger partial charge is 0.340 e. The lowest BCUT2D eigenvalue weighted by Gasteiger charge is -2.18. The summed E-state index contributed by atoms with van der Waals surface area (Å²) in [7, 11) is 0. The van der Waals surface area contributed by atoms with Crippen molar-refractivity contribution in [2.45, 2.75) is 16.8 Å². The average molecular weight is 432 g/mol. The number of rotatable bonds is 8.